The number of nitrogens with one attached hydrogen (secondary N) is 1. The van der Waals surface area contributed by atoms with Crippen molar-refractivity contribution in [2.24, 2.45) is 0 Å². The van der Waals surface area contributed by atoms with Gasteiger partial charge in [-0.2, -0.15) is 0 Å². The molecule has 1 aromatic heterocycles. The molecule has 3 heterocycles. The zero-order valence-corrected chi connectivity index (χ0v) is 12.7. The van der Waals surface area contributed by atoms with Gasteiger partial charge >= 0.3 is 5.97 Å². The molecule has 0 unspecified atom stereocenters. The highest BCUT2D eigenvalue weighted by molar-refractivity contribution is 8.00. The normalized spacial score (nSPS) is 23.4. The van der Waals surface area contributed by atoms with Gasteiger partial charge in [0, 0.05) is 5.75 Å². The Hall–Kier alpha value is -2.14. The number of β-lactam (4-membered cyclic amide) rings is 1. The predicted molar refractivity (Wildman–Crippen MR) is 78.8 cm³/mol. The van der Waals surface area contributed by atoms with Crippen LogP contribution in [0.3, 0.4) is 0 Å². The van der Waals surface area contributed by atoms with Crippen LogP contribution in [0.2, 0.25) is 0 Å². The number of hydrogen-bond acceptors (Lipinski definition) is 8. The maximum Gasteiger partial charge on any atom is 0.352 e. The minimum Gasteiger partial charge on any atom is -0.477 e. The van der Waals surface area contributed by atoms with Crippen molar-refractivity contribution in [2.75, 3.05) is 11.5 Å². The van der Waals surface area contributed by atoms with E-state index in [2.05, 4.69) is 15.5 Å². The molecule has 22 heavy (non-hydrogen) atoms. The first kappa shape index (κ1) is 14.8. The molecule has 0 saturated carbocycles. The summed E-state index contributed by atoms with van der Waals surface area (Å²) in [5.41, 5.74) is 5.40. The summed E-state index contributed by atoms with van der Waals surface area (Å²) in [5.74, 6) is -1.46. The van der Waals surface area contributed by atoms with Crippen LogP contribution >= 0.6 is 23.1 Å². The fourth-order valence-corrected chi connectivity index (χ4v) is 4.04. The number of carboxylic acid groups (broad SMARTS) is 1. The largest absolute Gasteiger partial charge is 0.477 e. The van der Waals surface area contributed by atoms with Gasteiger partial charge in [-0.25, -0.2) is 4.79 Å². The number of fused-ring (bicyclic) bond motifs is 1. The molecule has 0 aromatic carbocycles. The highest BCUT2D eigenvalue weighted by Gasteiger charge is 2.52. The molecule has 3 rings (SSSR count). The summed E-state index contributed by atoms with van der Waals surface area (Å²) in [7, 11) is 0. The Morgan fingerprint density at radius 2 is 2.27 bits per heavy atom. The average molecular weight is 341 g/mol. The number of amides is 2. The number of rotatable bonds is 4. The Bertz CT molecular complexity index is 688. The molecule has 0 aliphatic carbocycles. The number of aliphatic carboxylic acids is 1. The van der Waals surface area contributed by atoms with Crippen LogP contribution in [0.15, 0.2) is 11.8 Å². The zero-order valence-electron chi connectivity index (χ0n) is 11.1. The van der Waals surface area contributed by atoms with Crippen molar-refractivity contribution in [3.8, 4) is 0 Å². The third-order valence-corrected chi connectivity index (χ3v) is 5.11. The molecule has 0 radical (unpaired) electrons. The Balaban J connectivity index is 1.63. The molecular weight excluding hydrogens is 330 g/mol. The van der Waals surface area contributed by atoms with Gasteiger partial charge in [0.05, 0.1) is 6.42 Å². The number of nitrogen functional groups attached to an aromatic ring is 1. The van der Waals surface area contributed by atoms with Crippen molar-refractivity contribution < 1.29 is 19.5 Å². The molecule has 11 heteroatoms. The molecule has 9 nitrogen and oxygen atoms in total. The summed E-state index contributed by atoms with van der Waals surface area (Å²) in [6.45, 7) is 0. The van der Waals surface area contributed by atoms with E-state index in [1.54, 1.807) is 0 Å². The molecule has 116 valence electrons. The molecule has 2 aliphatic rings. The Morgan fingerprint density at radius 1 is 1.50 bits per heavy atom. The van der Waals surface area contributed by atoms with Crippen LogP contribution in [0, 0.1) is 0 Å². The molecule has 1 fully saturated rings. The number of nitrogens with two attached hydrogens (primary N) is 1. The summed E-state index contributed by atoms with van der Waals surface area (Å²) in [5, 5.41) is 19.4. The van der Waals surface area contributed by atoms with Crippen LogP contribution in [-0.4, -0.2) is 55.2 Å². The SMILES string of the molecule is Nc1nnc(CC(=O)N[C@@H]2C(=O)N3C(C(=O)O)=CCS[C@H]23)s1. The third kappa shape index (κ3) is 2.52. The Kier molecular flexibility index (Phi) is 3.74. The molecule has 0 bridgehead atoms. The van der Waals surface area contributed by atoms with Crippen molar-refractivity contribution in [1.82, 2.24) is 20.4 Å². The highest BCUT2D eigenvalue weighted by Crippen LogP contribution is 2.37. The number of aromatic nitrogens is 2. The number of thioether (sulfide) groups is 1. The number of carboxylic acids is 1. The van der Waals surface area contributed by atoms with E-state index in [0.717, 1.165) is 11.3 Å². The van der Waals surface area contributed by atoms with Gasteiger partial charge in [0.25, 0.3) is 5.91 Å². The molecule has 0 spiro atoms. The molecule has 2 atom stereocenters. The van der Waals surface area contributed by atoms with Crippen LogP contribution in [0.5, 0.6) is 0 Å². The molecule has 1 aromatic rings. The first-order valence-corrected chi connectivity index (χ1v) is 8.09. The van der Waals surface area contributed by atoms with Crippen molar-refractivity contribution in [3.63, 3.8) is 0 Å². The van der Waals surface area contributed by atoms with Crippen LogP contribution in [0.25, 0.3) is 0 Å². The fraction of sp³-hybridized carbons (Fsp3) is 0.364. The lowest BCUT2D eigenvalue weighted by atomic mass is 10.0. The van der Waals surface area contributed by atoms with E-state index in [9.17, 15) is 14.4 Å². The van der Waals surface area contributed by atoms with Gasteiger partial charge in [-0.1, -0.05) is 11.3 Å². The second-order valence-corrected chi connectivity index (χ2v) is 6.83. The van der Waals surface area contributed by atoms with Crippen LogP contribution in [0.4, 0.5) is 5.13 Å². The summed E-state index contributed by atoms with van der Waals surface area (Å²) < 4.78 is 0. The van der Waals surface area contributed by atoms with E-state index in [1.165, 1.54) is 22.7 Å². The first-order valence-electron chi connectivity index (χ1n) is 6.22. The molecule has 4 N–H and O–H groups in total. The molecule has 2 amide bonds. The predicted octanol–water partition coefficient (Wildman–Crippen LogP) is -0.969. The maximum absolute atomic E-state index is 12.1. The van der Waals surface area contributed by atoms with E-state index in [-0.39, 0.29) is 28.5 Å². The minimum atomic E-state index is -1.15. The summed E-state index contributed by atoms with van der Waals surface area (Å²) in [4.78, 5) is 36.3. The number of anilines is 1. The van der Waals surface area contributed by atoms with Gasteiger partial charge in [-0.15, -0.1) is 22.0 Å². The number of hydrogen-bond donors (Lipinski definition) is 3. The van der Waals surface area contributed by atoms with E-state index < -0.39 is 17.9 Å². The third-order valence-electron chi connectivity index (χ3n) is 3.18. The van der Waals surface area contributed by atoms with Gasteiger partial charge in [0.2, 0.25) is 11.0 Å². The van der Waals surface area contributed by atoms with Crippen LogP contribution < -0.4 is 11.1 Å². The van der Waals surface area contributed by atoms with Crippen molar-refractivity contribution in [3.05, 3.63) is 16.8 Å². The topological polar surface area (TPSA) is 139 Å². The van der Waals surface area contributed by atoms with Gasteiger partial charge in [-0.3, -0.25) is 14.5 Å². The summed E-state index contributed by atoms with van der Waals surface area (Å²) >= 11 is 2.51. The second-order valence-electron chi connectivity index (χ2n) is 4.58. The van der Waals surface area contributed by atoms with Crippen molar-refractivity contribution in [1.29, 1.82) is 0 Å². The molecular formula is C11H11N5O4S2. The lowest BCUT2D eigenvalue weighted by molar-refractivity contribution is -0.150. The zero-order chi connectivity index (χ0) is 15.9. The smallest absolute Gasteiger partial charge is 0.352 e. The standard InChI is InChI=1S/C11H11N5O4S2/c12-11-15-14-6(22-11)3-5(17)13-7-8(18)16-4(10(19)20)1-2-21-9(7)16/h1,7,9H,2-3H2,(H2,12,15)(H,13,17)(H,19,20)/t7-,9-/m1/s1. The number of carbonyl (C=O) groups excluding carboxylic acids is 2. The summed E-state index contributed by atoms with van der Waals surface area (Å²) in [6.07, 6.45) is 1.47. The van der Waals surface area contributed by atoms with Crippen molar-refractivity contribution >= 4 is 46.0 Å². The van der Waals surface area contributed by atoms with Gasteiger partial charge in [0.1, 0.15) is 22.1 Å². The first-order chi connectivity index (χ1) is 10.5. The van der Waals surface area contributed by atoms with E-state index in [4.69, 9.17) is 10.8 Å². The fourth-order valence-electron chi connectivity index (χ4n) is 2.24. The average Bonchev–Trinajstić information content (AvgIpc) is 2.88. The quantitative estimate of drug-likeness (QED) is 0.595. The van der Waals surface area contributed by atoms with Gasteiger partial charge in [-0.05, 0) is 6.08 Å². The minimum absolute atomic E-state index is 0.0162. The summed E-state index contributed by atoms with van der Waals surface area (Å²) in [6, 6.07) is -0.717. The lowest BCUT2D eigenvalue weighted by Crippen LogP contribution is -2.70. The van der Waals surface area contributed by atoms with Crippen molar-refractivity contribution in [2.45, 2.75) is 17.8 Å². The van der Waals surface area contributed by atoms with E-state index in [0.29, 0.717) is 10.8 Å². The molecule has 1 saturated heterocycles. The lowest BCUT2D eigenvalue weighted by Gasteiger charge is -2.48. The number of carbonyl (C=O) groups is 3. The monoisotopic (exact) mass is 341 g/mol. The number of nitrogens with zero attached hydrogens (tertiary/aromatic N) is 3. The van der Waals surface area contributed by atoms with E-state index in [1.807, 2.05) is 0 Å². The second kappa shape index (κ2) is 5.57. The van der Waals surface area contributed by atoms with Crippen LogP contribution in [0.1, 0.15) is 5.01 Å². The highest BCUT2D eigenvalue weighted by atomic mass is 32.2. The van der Waals surface area contributed by atoms with Crippen LogP contribution in [-0.2, 0) is 20.8 Å². The van der Waals surface area contributed by atoms with E-state index >= 15 is 0 Å². The Labute approximate surface area is 132 Å². The Morgan fingerprint density at radius 3 is 2.91 bits per heavy atom. The van der Waals surface area contributed by atoms with Gasteiger partial charge < -0.3 is 16.2 Å². The molecule has 2 aliphatic heterocycles. The van der Waals surface area contributed by atoms with Gasteiger partial charge in [0.15, 0.2) is 0 Å². The maximum atomic E-state index is 12.1.